The summed E-state index contributed by atoms with van der Waals surface area (Å²) >= 11 is 0. The van der Waals surface area contributed by atoms with Crippen LogP contribution in [0.1, 0.15) is 0 Å². The van der Waals surface area contributed by atoms with Crippen LogP contribution >= 0.6 is 0 Å². The summed E-state index contributed by atoms with van der Waals surface area (Å²) in [5, 5.41) is 0. The van der Waals surface area contributed by atoms with Crippen molar-refractivity contribution in [3.05, 3.63) is 60.7 Å². The number of nitrogens with two attached hydrogens (primary N) is 1. The van der Waals surface area contributed by atoms with Gasteiger partial charge in [0.1, 0.15) is 0 Å². The fourth-order valence-electron chi connectivity index (χ4n) is 1.92. The first-order chi connectivity index (χ1) is 10.3. The quantitative estimate of drug-likeness (QED) is 0.888. The van der Waals surface area contributed by atoms with Gasteiger partial charge in [0.15, 0.2) is 0 Å². The molecule has 0 aromatic heterocycles. The van der Waals surface area contributed by atoms with Gasteiger partial charge in [0.2, 0.25) is 19.7 Å². The summed E-state index contributed by atoms with van der Waals surface area (Å²) in [5.74, 6) is 0. The van der Waals surface area contributed by atoms with E-state index in [2.05, 4.69) is 0 Å². The van der Waals surface area contributed by atoms with E-state index in [0.717, 1.165) is 24.3 Å². The Hall–Kier alpha value is -1.77. The van der Waals surface area contributed by atoms with E-state index in [1.165, 1.54) is 36.4 Å². The van der Waals surface area contributed by atoms with Gasteiger partial charge in [-0.05, 0) is 24.3 Å². The van der Waals surface area contributed by atoms with Crippen LogP contribution in [0.3, 0.4) is 0 Å². The lowest BCUT2D eigenvalue weighted by molar-refractivity contribution is 0.362. The van der Waals surface area contributed by atoms with Crippen LogP contribution in [0.2, 0.25) is 0 Å². The van der Waals surface area contributed by atoms with Crippen molar-refractivity contribution < 1.29 is 21.2 Å². The molecule has 0 radical (unpaired) electrons. The Labute approximate surface area is 128 Å². The van der Waals surface area contributed by atoms with Gasteiger partial charge in [0.05, 0.1) is 16.3 Å². The van der Waals surface area contributed by atoms with Crippen molar-refractivity contribution in [2.45, 2.75) is 14.1 Å². The molecule has 0 saturated heterocycles. The first kappa shape index (κ1) is 16.6. The Balaban J connectivity index is 2.69. The van der Waals surface area contributed by atoms with Crippen molar-refractivity contribution in [2.75, 3.05) is 6.54 Å². The van der Waals surface area contributed by atoms with Gasteiger partial charge in [-0.15, -0.1) is 0 Å². The molecule has 0 amide bonds. The highest BCUT2D eigenvalue weighted by atomic mass is 32.3. The summed E-state index contributed by atoms with van der Waals surface area (Å²) in [6, 6.07) is 13.1. The van der Waals surface area contributed by atoms with Crippen LogP contribution in [0, 0.1) is 0 Å². The zero-order valence-corrected chi connectivity index (χ0v) is 13.0. The monoisotopic (exact) mass is 343 g/mol. The van der Waals surface area contributed by atoms with Gasteiger partial charge in [-0.2, -0.15) is 0 Å². The van der Waals surface area contributed by atoms with E-state index in [-0.39, 0.29) is 0 Å². The molecule has 0 bridgehead atoms. The molecule has 0 spiro atoms. The molecule has 5 nitrogen and oxygen atoms in total. The van der Waals surface area contributed by atoms with Gasteiger partial charge in [0, 0.05) is 0 Å². The summed E-state index contributed by atoms with van der Waals surface area (Å²) < 4.78 is 61.4. The molecule has 8 heteroatoms. The summed E-state index contributed by atoms with van der Waals surface area (Å²) in [7, 11) is -9.67. The first-order valence-electron chi connectivity index (χ1n) is 6.26. The van der Waals surface area contributed by atoms with Crippen molar-refractivity contribution in [3.8, 4) is 0 Å². The first-order valence-corrected chi connectivity index (χ1v) is 9.22. The fraction of sp³-hybridized carbons (Fsp3) is 0.143. The standard InChI is InChI=1S/C14H14FNO4S2/c15-14(11-16,21(17,18)12-7-3-1-4-8-12)22(19,20)13-9-5-2-6-10-13/h1-10H,11,16H2. The Morgan fingerprint density at radius 1 is 0.773 bits per heavy atom. The van der Waals surface area contributed by atoms with E-state index >= 15 is 4.39 Å². The molecule has 2 aromatic rings. The third-order valence-electron chi connectivity index (χ3n) is 3.15. The van der Waals surface area contributed by atoms with E-state index in [9.17, 15) is 16.8 Å². The zero-order valence-electron chi connectivity index (χ0n) is 11.4. The van der Waals surface area contributed by atoms with Gasteiger partial charge < -0.3 is 5.73 Å². The van der Waals surface area contributed by atoms with E-state index in [4.69, 9.17) is 5.73 Å². The third-order valence-corrected chi connectivity index (χ3v) is 8.19. The molecule has 0 saturated carbocycles. The van der Waals surface area contributed by atoms with Crippen molar-refractivity contribution in [1.29, 1.82) is 0 Å². The highest BCUT2D eigenvalue weighted by Gasteiger charge is 2.56. The van der Waals surface area contributed by atoms with Gasteiger partial charge in [-0.1, -0.05) is 36.4 Å². The number of alkyl halides is 1. The summed E-state index contributed by atoms with van der Waals surface area (Å²) in [6.07, 6.45) is 0. The fourth-order valence-corrected chi connectivity index (χ4v) is 5.82. The lowest BCUT2D eigenvalue weighted by atomic mass is 10.4. The van der Waals surface area contributed by atoms with E-state index in [1.54, 1.807) is 0 Å². The topological polar surface area (TPSA) is 94.3 Å². The van der Waals surface area contributed by atoms with Crippen LogP contribution in [0.4, 0.5) is 4.39 Å². The molecule has 2 aromatic carbocycles. The van der Waals surface area contributed by atoms with Crippen LogP contribution < -0.4 is 5.73 Å². The number of hydrogen-bond donors (Lipinski definition) is 1. The maximum Gasteiger partial charge on any atom is 0.329 e. The minimum Gasteiger partial charge on any atom is -0.326 e. The second kappa shape index (κ2) is 5.79. The number of hydrogen-bond acceptors (Lipinski definition) is 5. The second-order valence-electron chi connectivity index (χ2n) is 4.50. The predicted molar refractivity (Wildman–Crippen MR) is 80.1 cm³/mol. The van der Waals surface area contributed by atoms with Gasteiger partial charge >= 0.3 is 4.33 Å². The molecule has 0 heterocycles. The molecule has 0 unspecified atom stereocenters. The summed E-state index contributed by atoms with van der Waals surface area (Å²) in [5.41, 5.74) is 5.22. The minimum atomic E-state index is -4.84. The molecule has 0 aliphatic heterocycles. The highest BCUT2D eigenvalue weighted by molar-refractivity contribution is 8.10. The molecule has 22 heavy (non-hydrogen) atoms. The van der Waals surface area contributed by atoms with Gasteiger partial charge in [0.25, 0.3) is 0 Å². The summed E-state index contributed by atoms with van der Waals surface area (Å²) in [6.45, 7) is -1.21. The smallest absolute Gasteiger partial charge is 0.326 e. The molecule has 0 fully saturated rings. The third kappa shape index (κ3) is 2.43. The predicted octanol–water partition coefficient (Wildman–Crippen LogP) is 1.52. The normalized spacial score (nSPS) is 13.0. The average Bonchev–Trinajstić information content (AvgIpc) is 2.55. The number of sulfone groups is 2. The van der Waals surface area contributed by atoms with E-state index < -0.39 is 40.3 Å². The molecule has 0 aliphatic rings. The van der Waals surface area contributed by atoms with Crippen LogP contribution in [0.5, 0.6) is 0 Å². The van der Waals surface area contributed by atoms with Crippen molar-refractivity contribution in [1.82, 2.24) is 0 Å². The van der Waals surface area contributed by atoms with Crippen LogP contribution in [0.25, 0.3) is 0 Å². The molecule has 0 aliphatic carbocycles. The number of rotatable bonds is 5. The molecule has 2 rings (SSSR count). The SMILES string of the molecule is NCC(F)(S(=O)(=O)c1ccccc1)S(=O)(=O)c1ccccc1. The van der Waals surface area contributed by atoms with Crippen molar-refractivity contribution >= 4 is 19.7 Å². The molecule has 2 N–H and O–H groups in total. The Morgan fingerprint density at radius 3 is 1.36 bits per heavy atom. The van der Waals surface area contributed by atoms with Crippen molar-refractivity contribution in [3.63, 3.8) is 0 Å². The minimum absolute atomic E-state index is 0.442. The lowest BCUT2D eigenvalue weighted by Gasteiger charge is -2.23. The Kier molecular flexibility index (Phi) is 4.37. The number of benzene rings is 2. The van der Waals surface area contributed by atoms with E-state index in [0.29, 0.717) is 0 Å². The average molecular weight is 343 g/mol. The molecular weight excluding hydrogens is 329 g/mol. The van der Waals surface area contributed by atoms with Crippen LogP contribution in [-0.2, 0) is 19.7 Å². The van der Waals surface area contributed by atoms with Crippen LogP contribution in [0.15, 0.2) is 70.5 Å². The van der Waals surface area contributed by atoms with Crippen molar-refractivity contribution in [2.24, 2.45) is 5.73 Å². The maximum atomic E-state index is 15.1. The Bertz CT molecular complexity index is 781. The second-order valence-corrected chi connectivity index (χ2v) is 9.01. The molecular formula is C14H14FNO4S2. The molecule has 0 atom stereocenters. The molecule has 118 valence electrons. The maximum absolute atomic E-state index is 15.1. The van der Waals surface area contributed by atoms with Gasteiger partial charge in [-0.25, -0.2) is 21.2 Å². The van der Waals surface area contributed by atoms with E-state index in [1.807, 2.05) is 0 Å². The van der Waals surface area contributed by atoms with Crippen LogP contribution in [-0.4, -0.2) is 27.7 Å². The largest absolute Gasteiger partial charge is 0.329 e. The Morgan fingerprint density at radius 2 is 1.09 bits per heavy atom. The summed E-state index contributed by atoms with van der Waals surface area (Å²) in [4.78, 5) is -0.884. The lowest BCUT2D eigenvalue weighted by Crippen LogP contribution is -2.48. The number of halogens is 1. The zero-order chi connectivity index (χ0) is 16.4. The highest BCUT2D eigenvalue weighted by Crippen LogP contribution is 2.36. The van der Waals surface area contributed by atoms with Gasteiger partial charge in [-0.3, -0.25) is 0 Å².